The van der Waals surface area contributed by atoms with Gasteiger partial charge in [-0.3, -0.25) is 14.6 Å². The van der Waals surface area contributed by atoms with Gasteiger partial charge in [0.05, 0.1) is 11.3 Å². The van der Waals surface area contributed by atoms with Gasteiger partial charge in [-0.25, -0.2) is 4.98 Å². The topological polar surface area (TPSA) is 79.0 Å². The number of aromatic nitrogens is 3. The monoisotopic (exact) mass is 366 g/mol. The van der Waals surface area contributed by atoms with Gasteiger partial charge >= 0.3 is 0 Å². The third-order valence-corrected chi connectivity index (χ3v) is 5.34. The van der Waals surface area contributed by atoms with Crippen LogP contribution in [0.5, 0.6) is 0 Å². The number of rotatable bonds is 3. The van der Waals surface area contributed by atoms with Crippen LogP contribution in [-0.4, -0.2) is 38.8 Å². The summed E-state index contributed by atoms with van der Waals surface area (Å²) in [5.41, 5.74) is 2.15. The van der Waals surface area contributed by atoms with Crippen LogP contribution < -0.4 is 5.56 Å². The Bertz CT molecular complexity index is 945. The summed E-state index contributed by atoms with van der Waals surface area (Å²) in [5.74, 6) is 0.872. The average molecular weight is 366 g/mol. The molecule has 132 valence electrons. The van der Waals surface area contributed by atoms with E-state index in [1.165, 1.54) is 6.07 Å². The molecule has 0 aliphatic carbocycles. The number of carbonyl (C=O) groups excluding carboxylic acids is 1. The number of pyridine rings is 1. The second-order valence-electron chi connectivity index (χ2n) is 6.34. The van der Waals surface area contributed by atoms with Crippen molar-refractivity contribution in [3.63, 3.8) is 0 Å². The number of likely N-dealkylation sites (tertiary alicyclic amines) is 1. The molecule has 26 heavy (non-hydrogen) atoms. The predicted molar refractivity (Wildman–Crippen MR) is 100 cm³/mol. The van der Waals surface area contributed by atoms with Gasteiger partial charge in [0.25, 0.3) is 11.5 Å². The number of hydrogen-bond donors (Lipinski definition) is 1. The minimum absolute atomic E-state index is 0.00465. The molecule has 0 bridgehead atoms. The van der Waals surface area contributed by atoms with Gasteiger partial charge in [0.1, 0.15) is 5.82 Å². The van der Waals surface area contributed by atoms with E-state index in [0.717, 1.165) is 18.4 Å². The zero-order valence-corrected chi connectivity index (χ0v) is 14.9. The summed E-state index contributed by atoms with van der Waals surface area (Å²) in [7, 11) is 0. The fourth-order valence-corrected chi connectivity index (χ4v) is 3.91. The molecule has 0 spiro atoms. The number of nitrogens with one attached hydrogen (secondary N) is 1. The summed E-state index contributed by atoms with van der Waals surface area (Å²) in [5, 5.41) is 3.96. The molecule has 0 saturated carbocycles. The molecule has 1 fully saturated rings. The summed E-state index contributed by atoms with van der Waals surface area (Å²) in [4.78, 5) is 38.0. The lowest BCUT2D eigenvalue weighted by atomic mass is 9.95. The number of nitrogens with zero attached hydrogens (tertiary/aromatic N) is 3. The molecular weight excluding hydrogens is 348 g/mol. The molecule has 1 N–H and O–H groups in total. The second kappa shape index (κ2) is 7.21. The minimum Gasteiger partial charge on any atom is -0.339 e. The fourth-order valence-electron chi connectivity index (χ4n) is 3.26. The van der Waals surface area contributed by atoms with Crippen molar-refractivity contribution in [3.05, 3.63) is 69.2 Å². The highest BCUT2D eigenvalue weighted by atomic mass is 32.1. The lowest BCUT2D eigenvalue weighted by molar-refractivity contribution is 0.0710. The molecule has 0 aromatic carbocycles. The standard InChI is InChI=1S/C19H18N4O2S/c24-17-10-16(15-5-9-26-12-15)21-18(22-17)13-3-7-23(8-4-13)19(25)14-2-1-6-20-11-14/h1-2,5-6,9-13H,3-4,7-8H2,(H,21,22,24). The van der Waals surface area contributed by atoms with Gasteiger partial charge < -0.3 is 9.88 Å². The van der Waals surface area contributed by atoms with Crippen molar-refractivity contribution >= 4 is 17.2 Å². The zero-order chi connectivity index (χ0) is 17.9. The molecule has 0 radical (unpaired) electrons. The molecule has 1 aliphatic rings. The van der Waals surface area contributed by atoms with E-state index in [9.17, 15) is 9.59 Å². The van der Waals surface area contributed by atoms with Crippen molar-refractivity contribution in [1.82, 2.24) is 19.9 Å². The van der Waals surface area contributed by atoms with Gasteiger partial charge in [-0.2, -0.15) is 11.3 Å². The lowest BCUT2D eigenvalue weighted by Crippen LogP contribution is -2.38. The first-order valence-electron chi connectivity index (χ1n) is 8.54. The van der Waals surface area contributed by atoms with Crippen LogP contribution in [0.15, 0.2) is 52.2 Å². The van der Waals surface area contributed by atoms with Crippen LogP contribution in [0.3, 0.4) is 0 Å². The van der Waals surface area contributed by atoms with Crippen molar-refractivity contribution in [2.24, 2.45) is 0 Å². The van der Waals surface area contributed by atoms with Crippen LogP contribution in [-0.2, 0) is 0 Å². The maximum atomic E-state index is 12.5. The minimum atomic E-state index is -0.134. The molecule has 6 nitrogen and oxygen atoms in total. The molecule has 7 heteroatoms. The summed E-state index contributed by atoms with van der Waals surface area (Å²) < 4.78 is 0. The summed E-state index contributed by atoms with van der Waals surface area (Å²) in [6.45, 7) is 1.29. The van der Waals surface area contributed by atoms with Gasteiger partial charge in [0.15, 0.2) is 0 Å². The van der Waals surface area contributed by atoms with E-state index in [1.54, 1.807) is 35.9 Å². The molecular formula is C19H18N4O2S. The molecule has 4 rings (SSSR count). The first-order chi connectivity index (χ1) is 12.7. The first-order valence-corrected chi connectivity index (χ1v) is 9.48. The number of aromatic amines is 1. The number of thiophene rings is 1. The highest BCUT2D eigenvalue weighted by Gasteiger charge is 2.26. The maximum absolute atomic E-state index is 12.5. The molecule has 4 heterocycles. The van der Waals surface area contributed by atoms with Gasteiger partial charge in [-0.1, -0.05) is 0 Å². The van der Waals surface area contributed by atoms with E-state index in [2.05, 4.69) is 15.0 Å². The number of piperidine rings is 1. The van der Waals surface area contributed by atoms with Gasteiger partial charge in [0.2, 0.25) is 0 Å². The van der Waals surface area contributed by atoms with Crippen molar-refractivity contribution in [2.75, 3.05) is 13.1 Å². The highest BCUT2D eigenvalue weighted by molar-refractivity contribution is 7.08. The lowest BCUT2D eigenvalue weighted by Gasteiger charge is -2.31. The Hall–Kier alpha value is -2.80. The highest BCUT2D eigenvalue weighted by Crippen LogP contribution is 2.27. The number of hydrogen-bond acceptors (Lipinski definition) is 5. The normalized spacial score (nSPS) is 15.2. The Morgan fingerprint density at radius 1 is 1.27 bits per heavy atom. The molecule has 0 unspecified atom stereocenters. The first kappa shape index (κ1) is 16.7. The van der Waals surface area contributed by atoms with Crippen LogP contribution in [0, 0.1) is 0 Å². The Labute approximate surface area is 154 Å². The second-order valence-corrected chi connectivity index (χ2v) is 7.12. The summed E-state index contributed by atoms with van der Waals surface area (Å²) in [6, 6.07) is 7.05. The molecule has 1 amide bonds. The van der Waals surface area contributed by atoms with Crippen LogP contribution >= 0.6 is 11.3 Å². The summed E-state index contributed by atoms with van der Waals surface area (Å²) in [6.07, 6.45) is 4.81. The van der Waals surface area contributed by atoms with Gasteiger partial charge in [-0.15, -0.1) is 0 Å². The van der Waals surface area contributed by atoms with E-state index in [4.69, 9.17) is 0 Å². The fraction of sp³-hybridized carbons (Fsp3) is 0.263. The molecule has 1 aliphatic heterocycles. The van der Waals surface area contributed by atoms with Crippen LogP contribution in [0.2, 0.25) is 0 Å². The van der Waals surface area contributed by atoms with E-state index in [-0.39, 0.29) is 17.4 Å². The Balaban J connectivity index is 1.48. The van der Waals surface area contributed by atoms with E-state index in [1.807, 2.05) is 21.7 Å². The largest absolute Gasteiger partial charge is 0.339 e. The number of amides is 1. The quantitative estimate of drug-likeness (QED) is 0.773. The molecule has 1 saturated heterocycles. The van der Waals surface area contributed by atoms with Crippen molar-refractivity contribution in [3.8, 4) is 11.3 Å². The molecule has 3 aromatic heterocycles. The Morgan fingerprint density at radius 2 is 2.12 bits per heavy atom. The van der Waals surface area contributed by atoms with Gasteiger partial charge in [-0.05, 0) is 36.4 Å². The Morgan fingerprint density at radius 3 is 2.81 bits per heavy atom. The third kappa shape index (κ3) is 3.43. The van der Waals surface area contributed by atoms with Crippen molar-refractivity contribution in [1.29, 1.82) is 0 Å². The Kier molecular flexibility index (Phi) is 4.62. The van der Waals surface area contributed by atoms with E-state index < -0.39 is 0 Å². The SMILES string of the molecule is O=C(c1cccnc1)N1CCC(c2nc(-c3ccsc3)cc(=O)[nH]2)CC1. The smallest absolute Gasteiger partial charge is 0.255 e. The van der Waals surface area contributed by atoms with Crippen LogP contribution in [0.1, 0.15) is 34.9 Å². The molecule has 0 atom stereocenters. The zero-order valence-electron chi connectivity index (χ0n) is 14.1. The molecule has 3 aromatic rings. The number of carbonyl (C=O) groups is 1. The van der Waals surface area contributed by atoms with Gasteiger partial charge in [0, 0.05) is 48.4 Å². The predicted octanol–water partition coefficient (Wildman–Crippen LogP) is 2.91. The van der Waals surface area contributed by atoms with Crippen LogP contribution in [0.4, 0.5) is 0 Å². The number of H-pyrrole nitrogens is 1. The van der Waals surface area contributed by atoms with Crippen molar-refractivity contribution in [2.45, 2.75) is 18.8 Å². The maximum Gasteiger partial charge on any atom is 0.255 e. The average Bonchev–Trinajstić information content (AvgIpc) is 3.23. The summed E-state index contributed by atoms with van der Waals surface area (Å²) >= 11 is 1.58. The van der Waals surface area contributed by atoms with Crippen molar-refractivity contribution < 1.29 is 4.79 Å². The van der Waals surface area contributed by atoms with Crippen LogP contribution in [0.25, 0.3) is 11.3 Å². The third-order valence-electron chi connectivity index (χ3n) is 4.65. The van der Waals surface area contributed by atoms with E-state index in [0.29, 0.717) is 30.2 Å². The van der Waals surface area contributed by atoms with E-state index >= 15 is 0 Å².